The Labute approximate surface area is 161 Å². The molecule has 1 amide bonds. The molecular formula is C20H19N5OS. The van der Waals surface area contributed by atoms with E-state index in [4.69, 9.17) is 0 Å². The number of aromatic amines is 1. The largest absolute Gasteiger partial charge is 0.333 e. The highest BCUT2D eigenvalue weighted by molar-refractivity contribution is 7.98. The summed E-state index contributed by atoms with van der Waals surface area (Å²) in [7, 11) is 1.81. The van der Waals surface area contributed by atoms with Crippen LogP contribution in [0.1, 0.15) is 21.6 Å². The molecule has 0 atom stereocenters. The fourth-order valence-electron chi connectivity index (χ4n) is 2.82. The van der Waals surface area contributed by atoms with Crippen LogP contribution in [-0.4, -0.2) is 25.7 Å². The number of hydrogen-bond acceptors (Lipinski definition) is 4. The van der Waals surface area contributed by atoms with Crippen molar-refractivity contribution in [3.8, 4) is 0 Å². The molecule has 0 spiro atoms. The number of benzene rings is 2. The summed E-state index contributed by atoms with van der Waals surface area (Å²) < 4.78 is 1.66. The lowest BCUT2D eigenvalue weighted by Gasteiger charge is -2.06. The Morgan fingerprint density at radius 1 is 1.19 bits per heavy atom. The third-order valence-corrected chi connectivity index (χ3v) is 5.15. The van der Waals surface area contributed by atoms with Gasteiger partial charge in [0.05, 0.1) is 16.7 Å². The summed E-state index contributed by atoms with van der Waals surface area (Å²) in [6.45, 7) is 1.89. The van der Waals surface area contributed by atoms with E-state index in [1.165, 1.54) is 0 Å². The first-order valence-corrected chi connectivity index (χ1v) is 9.55. The lowest BCUT2D eigenvalue weighted by molar-refractivity contribution is 0.102. The molecular weight excluding hydrogens is 358 g/mol. The van der Waals surface area contributed by atoms with Gasteiger partial charge in [-0.05, 0) is 36.8 Å². The topological polar surface area (TPSA) is 75.6 Å². The number of imidazole rings is 1. The van der Waals surface area contributed by atoms with Gasteiger partial charge in [0.2, 0.25) is 0 Å². The Bertz CT molecular complexity index is 1060. The molecule has 2 aromatic carbocycles. The van der Waals surface area contributed by atoms with Crippen molar-refractivity contribution in [3.05, 3.63) is 71.4 Å². The number of carbonyl (C=O) groups is 1. The Balaban J connectivity index is 1.39. The maximum atomic E-state index is 12.4. The zero-order valence-electron chi connectivity index (χ0n) is 15.1. The number of fused-ring (bicyclic) bond motifs is 1. The SMILES string of the molecule is Cc1cc(NC(=O)c2ccc(CSc3nc4ccccc4[nH]3)cc2)n(C)n1. The Morgan fingerprint density at radius 3 is 2.67 bits per heavy atom. The maximum Gasteiger partial charge on any atom is 0.256 e. The molecule has 0 saturated heterocycles. The predicted octanol–water partition coefficient (Wildman–Crippen LogP) is 4.15. The summed E-state index contributed by atoms with van der Waals surface area (Å²) in [5.41, 5.74) is 4.63. The Hall–Kier alpha value is -3.06. The van der Waals surface area contributed by atoms with Crippen LogP contribution in [0.25, 0.3) is 11.0 Å². The van der Waals surface area contributed by atoms with Crippen molar-refractivity contribution in [2.45, 2.75) is 17.8 Å². The minimum absolute atomic E-state index is 0.144. The van der Waals surface area contributed by atoms with Crippen molar-refractivity contribution in [3.63, 3.8) is 0 Å². The third kappa shape index (κ3) is 3.88. The molecule has 0 aliphatic rings. The fraction of sp³-hybridized carbons (Fsp3) is 0.150. The van der Waals surface area contributed by atoms with Crippen molar-refractivity contribution in [1.82, 2.24) is 19.7 Å². The molecule has 2 heterocycles. The third-order valence-electron chi connectivity index (χ3n) is 4.20. The summed E-state index contributed by atoms with van der Waals surface area (Å²) in [5.74, 6) is 1.32. The van der Waals surface area contributed by atoms with Crippen LogP contribution in [0, 0.1) is 6.92 Å². The number of aromatic nitrogens is 4. The number of anilines is 1. The van der Waals surface area contributed by atoms with Crippen LogP contribution in [0.15, 0.2) is 59.8 Å². The normalized spacial score (nSPS) is 11.0. The molecule has 7 heteroatoms. The number of carbonyl (C=O) groups excluding carboxylic acids is 1. The van der Waals surface area contributed by atoms with Gasteiger partial charge < -0.3 is 10.3 Å². The molecule has 0 bridgehead atoms. The van der Waals surface area contributed by atoms with Gasteiger partial charge in [-0.25, -0.2) is 4.98 Å². The summed E-state index contributed by atoms with van der Waals surface area (Å²) in [5, 5.41) is 8.01. The van der Waals surface area contributed by atoms with Crippen molar-refractivity contribution < 1.29 is 4.79 Å². The van der Waals surface area contributed by atoms with Gasteiger partial charge in [-0.1, -0.05) is 36.0 Å². The molecule has 27 heavy (non-hydrogen) atoms. The van der Waals surface area contributed by atoms with Crippen molar-refractivity contribution in [2.75, 3.05) is 5.32 Å². The molecule has 4 aromatic rings. The average molecular weight is 377 g/mol. The van der Waals surface area contributed by atoms with E-state index in [1.54, 1.807) is 23.5 Å². The molecule has 136 valence electrons. The van der Waals surface area contributed by atoms with Crippen LogP contribution >= 0.6 is 11.8 Å². The number of thioether (sulfide) groups is 1. The van der Waals surface area contributed by atoms with Crippen molar-refractivity contribution in [2.24, 2.45) is 7.05 Å². The predicted molar refractivity (Wildman–Crippen MR) is 108 cm³/mol. The number of nitrogens with zero attached hydrogens (tertiary/aromatic N) is 3. The second kappa shape index (κ2) is 7.28. The maximum absolute atomic E-state index is 12.4. The van der Waals surface area contributed by atoms with E-state index in [2.05, 4.69) is 20.4 Å². The van der Waals surface area contributed by atoms with Crippen molar-refractivity contribution >= 4 is 34.5 Å². The van der Waals surface area contributed by atoms with Crippen LogP contribution in [0.4, 0.5) is 5.82 Å². The number of hydrogen-bond donors (Lipinski definition) is 2. The van der Waals surface area contributed by atoms with E-state index in [0.717, 1.165) is 33.2 Å². The zero-order valence-corrected chi connectivity index (χ0v) is 15.9. The van der Waals surface area contributed by atoms with Crippen LogP contribution in [0.5, 0.6) is 0 Å². The monoisotopic (exact) mass is 377 g/mol. The van der Waals surface area contributed by atoms with E-state index in [1.807, 2.05) is 61.5 Å². The van der Waals surface area contributed by atoms with Crippen LogP contribution in [-0.2, 0) is 12.8 Å². The molecule has 0 aliphatic carbocycles. The number of para-hydroxylation sites is 2. The van der Waals surface area contributed by atoms with E-state index < -0.39 is 0 Å². The number of rotatable bonds is 5. The van der Waals surface area contributed by atoms with E-state index in [0.29, 0.717) is 11.4 Å². The summed E-state index contributed by atoms with van der Waals surface area (Å²) in [6, 6.07) is 17.4. The first-order valence-electron chi connectivity index (χ1n) is 8.57. The lowest BCUT2D eigenvalue weighted by atomic mass is 10.1. The van der Waals surface area contributed by atoms with Gasteiger partial charge in [-0.15, -0.1) is 0 Å². The summed E-state index contributed by atoms with van der Waals surface area (Å²) in [4.78, 5) is 20.3. The van der Waals surface area contributed by atoms with Gasteiger partial charge in [0, 0.05) is 24.4 Å². The number of H-pyrrole nitrogens is 1. The minimum atomic E-state index is -0.144. The molecule has 0 aliphatic heterocycles. The summed E-state index contributed by atoms with van der Waals surface area (Å²) >= 11 is 1.64. The number of amides is 1. The molecule has 2 N–H and O–H groups in total. The van der Waals surface area contributed by atoms with Gasteiger partial charge >= 0.3 is 0 Å². The highest BCUT2D eigenvalue weighted by Gasteiger charge is 2.10. The van der Waals surface area contributed by atoms with Gasteiger partial charge in [0.1, 0.15) is 5.82 Å². The van der Waals surface area contributed by atoms with E-state index in [-0.39, 0.29) is 5.91 Å². The van der Waals surface area contributed by atoms with Gasteiger partial charge in [0.15, 0.2) is 5.16 Å². The van der Waals surface area contributed by atoms with Gasteiger partial charge in [-0.2, -0.15) is 5.10 Å². The van der Waals surface area contributed by atoms with Crippen LogP contribution in [0.3, 0.4) is 0 Å². The average Bonchev–Trinajstić information content (AvgIpc) is 3.22. The van der Waals surface area contributed by atoms with Gasteiger partial charge in [0.25, 0.3) is 5.91 Å². The molecule has 6 nitrogen and oxygen atoms in total. The quantitative estimate of drug-likeness (QED) is 0.512. The highest BCUT2D eigenvalue weighted by atomic mass is 32.2. The Morgan fingerprint density at radius 2 is 1.96 bits per heavy atom. The second-order valence-corrected chi connectivity index (χ2v) is 7.26. The Kier molecular flexibility index (Phi) is 4.68. The number of nitrogens with one attached hydrogen (secondary N) is 2. The molecule has 0 unspecified atom stereocenters. The highest BCUT2D eigenvalue weighted by Crippen LogP contribution is 2.23. The fourth-order valence-corrected chi connectivity index (χ4v) is 3.66. The molecule has 0 radical (unpaired) electrons. The van der Waals surface area contributed by atoms with Crippen LogP contribution < -0.4 is 5.32 Å². The standard InChI is InChI=1S/C20H19N5OS/c1-13-11-18(25(2)24-13)23-19(26)15-9-7-14(8-10-15)12-27-20-21-16-5-3-4-6-17(16)22-20/h3-11H,12H2,1-2H3,(H,21,22)(H,23,26). The molecule has 2 aromatic heterocycles. The minimum Gasteiger partial charge on any atom is -0.333 e. The molecule has 0 saturated carbocycles. The zero-order chi connectivity index (χ0) is 18.8. The summed E-state index contributed by atoms with van der Waals surface area (Å²) in [6.07, 6.45) is 0. The molecule has 4 rings (SSSR count). The van der Waals surface area contributed by atoms with E-state index >= 15 is 0 Å². The first kappa shape index (κ1) is 17.4. The van der Waals surface area contributed by atoms with Crippen molar-refractivity contribution in [1.29, 1.82) is 0 Å². The number of aryl methyl sites for hydroxylation is 2. The van der Waals surface area contributed by atoms with Crippen LogP contribution in [0.2, 0.25) is 0 Å². The lowest BCUT2D eigenvalue weighted by Crippen LogP contribution is -2.14. The molecule has 0 fully saturated rings. The second-order valence-electron chi connectivity index (χ2n) is 6.29. The smallest absolute Gasteiger partial charge is 0.256 e. The van der Waals surface area contributed by atoms with Gasteiger partial charge in [-0.3, -0.25) is 9.48 Å². The van der Waals surface area contributed by atoms with E-state index in [9.17, 15) is 4.79 Å². The first-order chi connectivity index (χ1) is 13.1.